The van der Waals surface area contributed by atoms with E-state index in [4.69, 9.17) is 4.74 Å². The lowest BCUT2D eigenvalue weighted by Crippen LogP contribution is -2.36. The van der Waals surface area contributed by atoms with Gasteiger partial charge in [0, 0.05) is 27.2 Å². The van der Waals surface area contributed by atoms with E-state index in [1.807, 2.05) is 0 Å². The first kappa shape index (κ1) is 20.4. The summed E-state index contributed by atoms with van der Waals surface area (Å²) in [5.74, 6) is 0.797. The van der Waals surface area contributed by atoms with Crippen LogP contribution in [0.15, 0.2) is 53.5 Å². The summed E-state index contributed by atoms with van der Waals surface area (Å²) >= 11 is 0. The molecule has 2 N–H and O–H groups in total. The fraction of sp³-hybridized carbons (Fsp3) is 0.316. The molecule has 2 aromatic carbocycles. The summed E-state index contributed by atoms with van der Waals surface area (Å²) in [5.41, 5.74) is 4.94. The Morgan fingerprint density at radius 2 is 1.71 bits per heavy atom. The third-order valence-electron chi connectivity index (χ3n) is 3.69. The SMILES string of the molecule is CN=C(NCc1cccc(COC)c1)NCc1ccccc1C.I. The van der Waals surface area contributed by atoms with E-state index < -0.39 is 0 Å². The van der Waals surface area contributed by atoms with Crippen molar-refractivity contribution >= 4 is 29.9 Å². The lowest BCUT2D eigenvalue weighted by atomic mass is 10.1. The van der Waals surface area contributed by atoms with Gasteiger partial charge in [-0.15, -0.1) is 24.0 Å². The minimum Gasteiger partial charge on any atom is -0.380 e. The number of aliphatic imine (C=N–C) groups is 1. The minimum atomic E-state index is 0. The van der Waals surface area contributed by atoms with Crippen molar-refractivity contribution in [3.63, 3.8) is 0 Å². The fourth-order valence-corrected chi connectivity index (χ4v) is 2.39. The van der Waals surface area contributed by atoms with Crippen LogP contribution in [0.4, 0.5) is 0 Å². The molecule has 0 saturated heterocycles. The zero-order valence-electron chi connectivity index (χ0n) is 14.5. The highest BCUT2D eigenvalue weighted by atomic mass is 127. The second kappa shape index (κ2) is 11.0. The summed E-state index contributed by atoms with van der Waals surface area (Å²) in [6.07, 6.45) is 0. The van der Waals surface area contributed by atoms with Crippen molar-refractivity contribution in [2.75, 3.05) is 14.2 Å². The van der Waals surface area contributed by atoms with E-state index in [0.29, 0.717) is 6.61 Å². The zero-order chi connectivity index (χ0) is 16.5. The van der Waals surface area contributed by atoms with E-state index in [1.165, 1.54) is 22.3 Å². The Morgan fingerprint density at radius 1 is 1.00 bits per heavy atom. The summed E-state index contributed by atoms with van der Waals surface area (Å²) in [6, 6.07) is 16.7. The van der Waals surface area contributed by atoms with Crippen molar-refractivity contribution < 1.29 is 4.74 Å². The fourth-order valence-electron chi connectivity index (χ4n) is 2.39. The van der Waals surface area contributed by atoms with Crippen LogP contribution in [-0.2, 0) is 24.4 Å². The van der Waals surface area contributed by atoms with Gasteiger partial charge in [-0.1, -0.05) is 48.5 Å². The van der Waals surface area contributed by atoms with Crippen molar-refractivity contribution in [3.05, 3.63) is 70.8 Å². The molecule has 0 heterocycles. The topological polar surface area (TPSA) is 45.7 Å². The summed E-state index contributed by atoms with van der Waals surface area (Å²) in [6.45, 7) is 4.24. The number of nitrogens with one attached hydrogen (secondary N) is 2. The van der Waals surface area contributed by atoms with Crippen molar-refractivity contribution in [2.45, 2.75) is 26.6 Å². The number of hydrogen-bond donors (Lipinski definition) is 2. The quantitative estimate of drug-likeness (QED) is 0.411. The smallest absolute Gasteiger partial charge is 0.191 e. The monoisotopic (exact) mass is 439 g/mol. The van der Waals surface area contributed by atoms with Crippen LogP contribution in [0.5, 0.6) is 0 Å². The highest BCUT2D eigenvalue weighted by Gasteiger charge is 2.01. The molecule has 0 atom stereocenters. The van der Waals surface area contributed by atoms with E-state index in [2.05, 4.69) is 71.1 Å². The van der Waals surface area contributed by atoms with Gasteiger partial charge in [-0.3, -0.25) is 4.99 Å². The molecule has 24 heavy (non-hydrogen) atoms. The molecule has 2 aromatic rings. The lowest BCUT2D eigenvalue weighted by Gasteiger charge is -2.13. The largest absolute Gasteiger partial charge is 0.380 e. The first-order chi connectivity index (χ1) is 11.2. The highest BCUT2D eigenvalue weighted by molar-refractivity contribution is 14.0. The zero-order valence-corrected chi connectivity index (χ0v) is 16.8. The minimum absolute atomic E-state index is 0. The maximum atomic E-state index is 5.17. The molecule has 0 bridgehead atoms. The van der Waals surface area contributed by atoms with Gasteiger partial charge in [-0.2, -0.15) is 0 Å². The lowest BCUT2D eigenvalue weighted by molar-refractivity contribution is 0.185. The van der Waals surface area contributed by atoms with Gasteiger partial charge in [0.05, 0.1) is 6.61 Å². The molecule has 0 unspecified atom stereocenters. The van der Waals surface area contributed by atoms with Gasteiger partial charge in [0.1, 0.15) is 0 Å². The summed E-state index contributed by atoms with van der Waals surface area (Å²) in [4.78, 5) is 4.28. The Bertz CT molecular complexity index is 659. The molecule has 0 aliphatic heterocycles. The van der Waals surface area contributed by atoms with Gasteiger partial charge in [-0.25, -0.2) is 0 Å². The van der Waals surface area contributed by atoms with Gasteiger partial charge >= 0.3 is 0 Å². The van der Waals surface area contributed by atoms with Gasteiger partial charge in [0.25, 0.3) is 0 Å². The molecular formula is C19H26IN3O. The second-order valence-corrected chi connectivity index (χ2v) is 5.46. The van der Waals surface area contributed by atoms with Crippen LogP contribution in [0, 0.1) is 6.92 Å². The standard InChI is InChI=1S/C19H25N3O.HI/c1-15-7-4-5-10-18(15)13-22-19(20-2)21-12-16-8-6-9-17(11-16)14-23-3;/h4-11H,12-14H2,1-3H3,(H2,20,21,22);1H. The van der Waals surface area contributed by atoms with Gasteiger partial charge in [-0.05, 0) is 29.2 Å². The molecule has 0 saturated carbocycles. The molecule has 4 nitrogen and oxygen atoms in total. The van der Waals surface area contributed by atoms with Crippen LogP contribution in [-0.4, -0.2) is 20.1 Å². The highest BCUT2D eigenvalue weighted by Crippen LogP contribution is 2.07. The number of halogens is 1. The van der Waals surface area contributed by atoms with E-state index in [1.54, 1.807) is 14.2 Å². The molecule has 5 heteroatoms. The Morgan fingerprint density at radius 3 is 2.42 bits per heavy atom. The Labute approximate surface area is 161 Å². The van der Waals surface area contributed by atoms with Gasteiger partial charge in [0.15, 0.2) is 5.96 Å². The number of rotatable bonds is 6. The van der Waals surface area contributed by atoms with Crippen LogP contribution < -0.4 is 10.6 Å². The van der Waals surface area contributed by atoms with E-state index in [-0.39, 0.29) is 24.0 Å². The Kier molecular flexibility index (Phi) is 9.41. The molecule has 130 valence electrons. The molecular weight excluding hydrogens is 413 g/mol. The number of hydrogen-bond acceptors (Lipinski definition) is 2. The summed E-state index contributed by atoms with van der Waals surface area (Å²) in [5, 5.41) is 6.69. The predicted molar refractivity (Wildman–Crippen MR) is 111 cm³/mol. The number of benzene rings is 2. The number of nitrogens with zero attached hydrogens (tertiary/aromatic N) is 1. The van der Waals surface area contributed by atoms with Crippen molar-refractivity contribution in [1.82, 2.24) is 10.6 Å². The molecule has 0 fully saturated rings. The van der Waals surface area contributed by atoms with Crippen LogP contribution >= 0.6 is 24.0 Å². The van der Waals surface area contributed by atoms with Crippen LogP contribution in [0.1, 0.15) is 22.3 Å². The maximum absolute atomic E-state index is 5.17. The molecule has 0 radical (unpaired) electrons. The van der Waals surface area contributed by atoms with Crippen molar-refractivity contribution in [2.24, 2.45) is 4.99 Å². The molecule has 0 amide bonds. The van der Waals surface area contributed by atoms with Crippen LogP contribution in [0.25, 0.3) is 0 Å². The molecule has 0 aliphatic rings. The number of aryl methyl sites for hydroxylation is 1. The first-order valence-electron chi connectivity index (χ1n) is 7.78. The van der Waals surface area contributed by atoms with E-state index in [0.717, 1.165) is 19.0 Å². The molecule has 2 rings (SSSR count). The summed E-state index contributed by atoms with van der Waals surface area (Å²) < 4.78 is 5.17. The third-order valence-corrected chi connectivity index (χ3v) is 3.69. The maximum Gasteiger partial charge on any atom is 0.191 e. The second-order valence-electron chi connectivity index (χ2n) is 5.46. The van der Waals surface area contributed by atoms with Gasteiger partial charge < -0.3 is 15.4 Å². The number of guanidine groups is 1. The normalized spacial score (nSPS) is 10.9. The Balaban J connectivity index is 0.00000288. The number of methoxy groups -OCH3 is 1. The summed E-state index contributed by atoms with van der Waals surface area (Å²) in [7, 11) is 3.50. The molecule has 0 spiro atoms. The van der Waals surface area contributed by atoms with Gasteiger partial charge in [0.2, 0.25) is 0 Å². The van der Waals surface area contributed by atoms with Crippen LogP contribution in [0.3, 0.4) is 0 Å². The Hall–Kier alpha value is -1.60. The van der Waals surface area contributed by atoms with Crippen molar-refractivity contribution in [1.29, 1.82) is 0 Å². The average Bonchev–Trinajstić information content (AvgIpc) is 2.57. The molecule has 0 aromatic heterocycles. The van der Waals surface area contributed by atoms with Crippen molar-refractivity contribution in [3.8, 4) is 0 Å². The van der Waals surface area contributed by atoms with Crippen LogP contribution in [0.2, 0.25) is 0 Å². The van der Waals surface area contributed by atoms with E-state index in [9.17, 15) is 0 Å². The number of ether oxygens (including phenoxy) is 1. The molecule has 0 aliphatic carbocycles. The third kappa shape index (κ3) is 6.49. The average molecular weight is 439 g/mol. The van der Waals surface area contributed by atoms with E-state index >= 15 is 0 Å². The predicted octanol–water partition coefficient (Wildman–Crippen LogP) is 3.62. The first-order valence-corrected chi connectivity index (χ1v) is 7.78.